The number of nitrogens with zero attached hydrogens (tertiary/aromatic N) is 1. The number of benzene rings is 1. The van der Waals surface area contributed by atoms with Crippen molar-refractivity contribution in [3.63, 3.8) is 0 Å². The molecule has 0 spiro atoms. The lowest BCUT2D eigenvalue weighted by atomic mass is 9.81. The Morgan fingerprint density at radius 2 is 1.94 bits per heavy atom. The largest absolute Gasteiger partial charge is 0.495 e. The highest BCUT2D eigenvalue weighted by Crippen LogP contribution is 2.40. The SMILES string of the molecule is CNC(=O)Cc1cccc(CN2C=C(OC)C(/C=C/[C@H]3CC[C@@H](C(F)(F)F)CC3)=CC2)c1. The maximum atomic E-state index is 12.9. The Bertz CT molecular complexity index is 881. The zero-order valence-corrected chi connectivity index (χ0v) is 18.6. The first-order valence-corrected chi connectivity index (χ1v) is 11.0. The van der Waals surface area contributed by atoms with Crippen LogP contribution in [0.2, 0.25) is 0 Å². The molecule has 0 bridgehead atoms. The minimum absolute atomic E-state index is 0.0204. The molecule has 1 saturated carbocycles. The van der Waals surface area contributed by atoms with Gasteiger partial charge in [0, 0.05) is 31.9 Å². The molecule has 32 heavy (non-hydrogen) atoms. The normalized spacial score (nSPS) is 21.8. The van der Waals surface area contributed by atoms with E-state index in [-0.39, 0.29) is 24.7 Å². The van der Waals surface area contributed by atoms with Gasteiger partial charge in [-0.3, -0.25) is 4.79 Å². The number of likely N-dealkylation sites (N-methyl/N-ethyl adjacent to an activating group) is 1. The molecule has 2 aliphatic rings. The van der Waals surface area contributed by atoms with Gasteiger partial charge in [-0.15, -0.1) is 0 Å². The van der Waals surface area contributed by atoms with Crippen LogP contribution >= 0.6 is 0 Å². The number of ether oxygens (including phenoxy) is 1. The van der Waals surface area contributed by atoms with Crippen molar-refractivity contribution in [2.75, 3.05) is 20.7 Å². The number of hydrogen-bond acceptors (Lipinski definition) is 3. The number of allylic oxidation sites excluding steroid dienone is 2. The molecule has 0 unspecified atom stereocenters. The molecule has 0 saturated heterocycles. The molecule has 174 valence electrons. The van der Waals surface area contributed by atoms with Crippen LogP contribution in [-0.4, -0.2) is 37.7 Å². The molecular weight excluding hydrogens is 417 g/mol. The fourth-order valence-electron chi connectivity index (χ4n) is 4.27. The topological polar surface area (TPSA) is 41.6 Å². The first kappa shape index (κ1) is 24.0. The summed E-state index contributed by atoms with van der Waals surface area (Å²) in [5.74, 6) is -0.265. The second-order valence-corrected chi connectivity index (χ2v) is 8.47. The van der Waals surface area contributed by atoms with Gasteiger partial charge in [-0.1, -0.05) is 42.5 Å². The number of carbonyl (C=O) groups is 1. The highest BCUT2D eigenvalue weighted by Gasteiger charge is 2.40. The number of nitrogens with one attached hydrogen (secondary N) is 1. The van der Waals surface area contributed by atoms with Crippen molar-refractivity contribution in [2.45, 2.75) is 44.8 Å². The molecule has 1 aromatic rings. The number of halogens is 3. The Balaban J connectivity index is 1.57. The van der Waals surface area contributed by atoms with Crippen molar-refractivity contribution >= 4 is 5.91 Å². The van der Waals surface area contributed by atoms with Gasteiger partial charge in [0.1, 0.15) is 5.76 Å². The number of alkyl halides is 3. The van der Waals surface area contributed by atoms with Crippen LogP contribution in [0.5, 0.6) is 0 Å². The zero-order chi connectivity index (χ0) is 23.1. The molecule has 1 heterocycles. The minimum Gasteiger partial charge on any atom is -0.495 e. The van der Waals surface area contributed by atoms with Crippen LogP contribution in [0, 0.1) is 11.8 Å². The van der Waals surface area contributed by atoms with Gasteiger partial charge in [0.25, 0.3) is 0 Å². The highest BCUT2D eigenvalue weighted by atomic mass is 19.4. The number of amides is 1. The average Bonchev–Trinajstić information content (AvgIpc) is 2.78. The lowest BCUT2D eigenvalue weighted by Gasteiger charge is -2.28. The summed E-state index contributed by atoms with van der Waals surface area (Å²) < 4.78 is 44.1. The third-order valence-corrected chi connectivity index (χ3v) is 6.15. The van der Waals surface area contributed by atoms with E-state index in [0.717, 1.165) is 22.5 Å². The summed E-state index contributed by atoms with van der Waals surface area (Å²) in [6.07, 6.45) is 5.88. The second kappa shape index (κ2) is 10.7. The fourth-order valence-corrected chi connectivity index (χ4v) is 4.27. The van der Waals surface area contributed by atoms with Gasteiger partial charge in [-0.05, 0) is 42.7 Å². The zero-order valence-electron chi connectivity index (χ0n) is 18.6. The van der Waals surface area contributed by atoms with Crippen molar-refractivity contribution in [3.8, 4) is 0 Å². The van der Waals surface area contributed by atoms with E-state index in [9.17, 15) is 18.0 Å². The van der Waals surface area contributed by atoms with Crippen molar-refractivity contribution in [3.05, 3.63) is 71.2 Å². The van der Waals surface area contributed by atoms with Gasteiger partial charge >= 0.3 is 6.18 Å². The maximum absolute atomic E-state index is 12.9. The van der Waals surface area contributed by atoms with Crippen LogP contribution in [0.15, 0.2) is 60.0 Å². The average molecular weight is 449 g/mol. The van der Waals surface area contributed by atoms with Crippen LogP contribution in [0.25, 0.3) is 0 Å². The predicted molar refractivity (Wildman–Crippen MR) is 118 cm³/mol. The molecule has 4 nitrogen and oxygen atoms in total. The Morgan fingerprint density at radius 1 is 1.22 bits per heavy atom. The molecule has 1 aromatic carbocycles. The quantitative estimate of drug-likeness (QED) is 0.629. The van der Waals surface area contributed by atoms with Crippen molar-refractivity contribution in [1.29, 1.82) is 0 Å². The van der Waals surface area contributed by atoms with E-state index in [1.165, 1.54) is 0 Å². The summed E-state index contributed by atoms with van der Waals surface area (Å²) in [7, 11) is 3.25. The Hall–Kier alpha value is -2.70. The van der Waals surface area contributed by atoms with Crippen LogP contribution in [0.1, 0.15) is 36.8 Å². The number of methoxy groups -OCH3 is 1. The molecule has 1 N–H and O–H groups in total. The van der Waals surface area contributed by atoms with Gasteiger partial charge in [-0.2, -0.15) is 13.2 Å². The molecule has 1 fully saturated rings. The van der Waals surface area contributed by atoms with E-state index in [0.29, 0.717) is 32.4 Å². The molecule has 1 amide bonds. The van der Waals surface area contributed by atoms with Crippen molar-refractivity contribution in [1.82, 2.24) is 10.2 Å². The summed E-state index contributed by atoms with van der Waals surface area (Å²) in [6.45, 7) is 1.39. The summed E-state index contributed by atoms with van der Waals surface area (Å²) >= 11 is 0. The lowest BCUT2D eigenvalue weighted by molar-refractivity contribution is -0.183. The molecule has 3 rings (SSSR count). The Labute approximate surface area is 187 Å². The molecule has 7 heteroatoms. The van der Waals surface area contributed by atoms with Gasteiger partial charge in [0.2, 0.25) is 5.91 Å². The van der Waals surface area contributed by atoms with Crippen molar-refractivity contribution < 1.29 is 22.7 Å². The Kier molecular flexibility index (Phi) is 8.04. The van der Waals surface area contributed by atoms with Gasteiger partial charge in [0.05, 0.1) is 19.4 Å². The maximum Gasteiger partial charge on any atom is 0.391 e. The third-order valence-electron chi connectivity index (χ3n) is 6.15. The smallest absolute Gasteiger partial charge is 0.391 e. The van der Waals surface area contributed by atoms with Crippen LogP contribution in [0.4, 0.5) is 13.2 Å². The molecular formula is C25H31F3N2O2. The third kappa shape index (κ3) is 6.65. The second-order valence-electron chi connectivity index (χ2n) is 8.47. The number of hydrogen-bond donors (Lipinski definition) is 1. The van der Waals surface area contributed by atoms with Gasteiger partial charge in [0.15, 0.2) is 0 Å². The fraction of sp³-hybridized carbons (Fsp3) is 0.480. The van der Waals surface area contributed by atoms with E-state index >= 15 is 0 Å². The van der Waals surface area contributed by atoms with E-state index in [2.05, 4.69) is 16.3 Å². The summed E-state index contributed by atoms with van der Waals surface area (Å²) in [4.78, 5) is 13.8. The van der Waals surface area contributed by atoms with E-state index in [1.807, 2.05) is 42.6 Å². The standard InChI is InChI=1S/C25H31F3N2O2/c1-29-24(31)15-19-4-3-5-20(14-19)16-30-13-12-21(23(17-30)32-2)9-6-18-7-10-22(11-8-18)25(26,27)28/h3-6,9,12,14,17-18,22H,7-8,10-11,13,15-16H2,1-2H3,(H,29,31)/b9-6+/t18-,22+. The summed E-state index contributed by atoms with van der Waals surface area (Å²) in [5.41, 5.74) is 3.02. The highest BCUT2D eigenvalue weighted by molar-refractivity contribution is 5.78. The molecule has 1 aliphatic carbocycles. The van der Waals surface area contributed by atoms with E-state index in [1.54, 1.807) is 14.2 Å². The van der Waals surface area contributed by atoms with Gasteiger partial charge < -0.3 is 15.0 Å². The number of carbonyl (C=O) groups excluding carboxylic acids is 1. The monoisotopic (exact) mass is 448 g/mol. The predicted octanol–water partition coefficient (Wildman–Crippen LogP) is 5.13. The lowest BCUT2D eigenvalue weighted by Crippen LogP contribution is -2.27. The van der Waals surface area contributed by atoms with E-state index < -0.39 is 12.1 Å². The molecule has 0 atom stereocenters. The first-order chi connectivity index (χ1) is 15.3. The van der Waals surface area contributed by atoms with Crippen LogP contribution in [-0.2, 0) is 22.5 Å². The summed E-state index contributed by atoms with van der Waals surface area (Å²) in [5, 5.41) is 2.64. The number of rotatable bonds is 7. The molecule has 0 aromatic heterocycles. The minimum atomic E-state index is -4.07. The molecule has 0 radical (unpaired) electrons. The van der Waals surface area contributed by atoms with Crippen LogP contribution in [0.3, 0.4) is 0 Å². The summed E-state index contributed by atoms with van der Waals surface area (Å²) in [6, 6.07) is 7.96. The van der Waals surface area contributed by atoms with Gasteiger partial charge in [-0.25, -0.2) is 0 Å². The van der Waals surface area contributed by atoms with E-state index in [4.69, 9.17) is 4.74 Å². The first-order valence-electron chi connectivity index (χ1n) is 11.0. The Morgan fingerprint density at radius 3 is 2.59 bits per heavy atom. The van der Waals surface area contributed by atoms with Crippen LogP contribution < -0.4 is 5.32 Å². The molecule has 1 aliphatic heterocycles. The van der Waals surface area contributed by atoms with Crippen molar-refractivity contribution in [2.24, 2.45) is 11.8 Å².